The van der Waals surface area contributed by atoms with E-state index in [9.17, 15) is 14.7 Å². The predicted molar refractivity (Wildman–Crippen MR) is 78.3 cm³/mol. The Morgan fingerprint density at radius 2 is 1.90 bits per heavy atom. The van der Waals surface area contributed by atoms with Crippen molar-refractivity contribution < 1.29 is 5.11 Å². The third kappa shape index (κ3) is 2.77. The van der Waals surface area contributed by atoms with Crippen LogP contribution in [0.4, 0.5) is 0 Å². The maximum Gasteiger partial charge on any atom is 0.331 e. The fraction of sp³-hybridized carbons (Fsp3) is 0.286. The first-order valence-electron chi connectivity index (χ1n) is 6.36. The predicted octanol–water partition coefficient (Wildman–Crippen LogP) is 2.36. The maximum atomic E-state index is 11.9. The molecule has 0 aliphatic rings. The molecule has 2 aromatic rings. The van der Waals surface area contributed by atoms with E-state index in [1.54, 1.807) is 24.3 Å². The second-order valence-corrected chi connectivity index (χ2v) is 4.91. The first-order chi connectivity index (χ1) is 9.54. The van der Waals surface area contributed by atoms with E-state index < -0.39 is 11.2 Å². The second kappa shape index (κ2) is 5.96. The molecular formula is C14H15ClN2O3. The van der Waals surface area contributed by atoms with Crippen molar-refractivity contribution in [3.8, 4) is 17.0 Å². The van der Waals surface area contributed by atoms with Gasteiger partial charge in [-0.15, -0.1) is 0 Å². The average Bonchev–Trinajstić information content (AvgIpc) is 2.40. The number of H-pyrrole nitrogens is 1. The maximum absolute atomic E-state index is 11.9. The Bertz CT molecular complexity index is 717. The first kappa shape index (κ1) is 14.4. The molecule has 6 heteroatoms. The monoisotopic (exact) mass is 294 g/mol. The molecule has 2 rings (SSSR count). The smallest absolute Gasteiger partial charge is 0.331 e. The molecule has 0 unspecified atom stereocenters. The third-order valence-corrected chi connectivity index (χ3v) is 3.29. The zero-order chi connectivity index (χ0) is 14.7. The van der Waals surface area contributed by atoms with Crippen molar-refractivity contribution >= 4 is 11.6 Å². The van der Waals surface area contributed by atoms with Crippen LogP contribution in [0.15, 0.2) is 33.9 Å². The zero-order valence-electron chi connectivity index (χ0n) is 11.0. The number of hydrogen-bond donors (Lipinski definition) is 2. The first-order valence-corrected chi connectivity index (χ1v) is 6.74. The highest BCUT2D eigenvalue weighted by atomic mass is 35.5. The van der Waals surface area contributed by atoms with Gasteiger partial charge in [-0.3, -0.25) is 14.3 Å². The molecule has 0 radical (unpaired) electrons. The summed E-state index contributed by atoms with van der Waals surface area (Å²) < 4.78 is 1.18. The van der Waals surface area contributed by atoms with Gasteiger partial charge in [-0.25, -0.2) is 4.79 Å². The largest absolute Gasteiger partial charge is 0.494 e. The fourth-order valence-corrected chi connectivity index (χ4v) is 2.09. The van der Waals surface area contributed by atoms with Crippen molar-refractivity contribution in [3.05, 3.63) is 50.1 Å². The van der Waals surface area contributed by atoms with Gasteiger partial charge in [0.1, 0.15) is 5.56 Å². The Hall–Kier alpha value is -2.01. The van der Waals surface area contributed by atoms with Crippen LogP contribution in [-0.2, 0) is 6.54 Å². The van der Waals surface area contributed by atoms with E-state index in [4.69, 9.17) is 11.6 Å². The van der Waals surface area contributed by atoms with Gasteiger partial charge in [0.05, 0.1) is 0 Å². The molecule has 0 saturated carbocycles. The summed E-state index contributed by atoms with van der Waals surface area (Å²) in [6.07, 6.45) is 1.61. The third-order valence-electron chi connectivity index (χ3n) is 3.04. The number of aromatic nitrogens is 2. The van der Waals surface area contributed by atoms with Gasteiger partial charge in [-0.2, -0.15) is 0 Å². The van der Waals surface area contributed by atoms with Crippen LogP contribution in [0.5, 0.6) is 5.88 Å². The summed E-state index contributed by atoms with van der Waals surface area (Å²) in [6.45, 7) is 2.34. The van der Waals surface area contributed by atoms with Crippen LogP contribution < -0.4 is 11.2 Å². The van der Waals surface area contributed by atoms with Gasteiger partial charge in [0.15, 0.2) is 0 Å². The van der Waals surface area contributed by atoms with Crippen molar-refractivity contribution in [2.24, 2.45) is 0 Å². The van der Waals surface area contributed by atoms with E-state index in [1.807, 2.05) is 6.92 Å². The minimum absolute atomic E-state index is 0.0809. The molecular weight excluding hydrogens is 280 g/mol. The number of aromatic hydroxyl groups is 1. The number of nitrogens with one attached hydrogen (secondary N) is 1. The van der Waals surface area contributed by atoms with Gasteiger partial charge >= 0.3 is 5.69 Å². The number of rotatable bonds is 4. The SMILES string of the molecule is CCCCn1c(O)c(-c2ccc(Cl)cc2)c(=O)[nH]c1=O. The fourth-order valence-electron chi connectivity index (χ4n) is 1.96. The van der Waals surface area contributed by atoms with Crippen molar-refractivity contribution in [1.29, 1.82) is 0 Å². The van der Waals surface area contributed by atoms with Crippen molar-refractivity contribution in [2.75, 3.05) is 0 Å². The molecule has 1 heterocycles. The zero-order valence-corrected chi connectivity index (χ0v) is 11.8. The van der Waals surface area contributed by atoms with E-state index >= 15 is 0 Å². The van der Waals surface area contributed by atoms with Crippen LogP contribution in [0.25, 0.3) is 11.1 Å². The van der Waals surface area contributed by atoms with Crippen LogP contribution in [-0.4, -0.2) is 14.7 Å². The molecule has 0 amide bonds. The molecule has 0 aliphatic heterocycles. The number of aromatic amines is 1. The number of benzene rings is 1. The van der Waals surface area contributed by atoms with E-state index in [0.717, 1.165) is 12.8 Å². The lowest BCUT2D eigenvalue weighted by molar-refractivity contribution is 0.398. The summed E-state index contributed by atoms with van der Waals surface area (Å²) in [5, 5.41) is 10.7. The molecule has 5 nitrogen and oxygen atoms in total. The normalized spacial score (nSPS) is 10.7. The lowest BCUT2D eigenvalue weighted by Crippen LogP contribution is -2.31. The molecule has 0 saturated heterocycles. The molecule has 1 aromatic carbocycles. The highest BCUT2D eigenvalue weighted by Crippen LogP contribution is 2.25. The molecule has 2 N–H and O–H groups in total. The Balaban J connectivity index is 2.61. The molecule has 1 aromatic heterocycles. The summed E-state index contributed by atoms with van der Waals surface area (Å²) in [5.74, 6) is -0.311. The Kier molecular flexibility index (Phi) is 4.29. The van der Waals surface area contributed by atoms with E-state index in [2.05, 4.69) is 4.98 Å². The van der Waals surface area contributed by atoms with Gasteiger partial charge in [0, 0.05) is 11.6 Å². The summed E-state index contributed by atoms with van der Waals surface area (Å²) in [5.41, 5.74) is -0.614. The Labute approximate surface area is 120 Å². The average molecular weight is 295 g/mol. The molecule has 0 atom stereocenters. The van der Waals surface area contributed by atoms with Crippen molar-refractivity contribution in [3.63, 3.8) is 0 Å². The lowest BCUT2D eigenvalue weighted by Gasteiger charge is -2.11. The lowest BCUT2D eigenvalue weighted by atomic mass is 10.1. The topological polar surface area (TPSA) is 75.1 Å². The Morgan fingerprint density at radius 1 is 1.25 bits per heavy atom. The Morgan fingerprint density at radius 3 is 2.50 bits per heavy atom. The number of hydrogen-bond acceptors (Lipinski definition) is 3. The summed E-state index contributed by atoms with van der Waals surface area (Å²) in [7, 11) is 0. The van der Waals surface area contributed by atoms with Crippen LogP contribution in [0, 0.1) is 0 Å². The van der Waals surface area contributed by atoms with Gasteiger partial charge < -0.3 is 5.11 Å². The van der Waals surface area contributed by atoms with Crippen LogP contribution >= 0.6 is 11.6 Å². The van der Waals surface area contributed by atoms with Gasteiger partial charge in [0.2, 0.25) is 5.88 Å². The van der Waals surface area contributed by atoms with Crippen LogP contribution in [0.3, 0.4) is 0 Å². The van der Waals surface area contributed by atoms with Gasteiger partial charge in [-0.05, 0) is 24.1 Å². The summed E-state index contributed by atoms with van der Waals surface area (Å²) >= 11 is 5.80. The van der Waals surface area contributed by atoms with Gasteiger partial charge in [0.25, 0.3) is 5.56 Å². The van der Waals surface area contributed by atoms with E-state index in [1.165, 1.54) is 4.57 Å². The summed E-state index contributed by atoms with van der Waals surface area (Å²) in [6, 6.07) is 6.50. The second-order valence-electron chi connectivity index (χ2n) is 4.47. The number of nitrogens with zero attached hydrogens (tertiary/aromatic N) is 1. The molecule has 0 aliphatic carbocycles. The highest BCUT2D eigenvalue weighted by Gasteiger charge is 2.15. The molecule has 0 spiro atoms. The van der Waals surface area contributed by atoms with Crippen LogP contribution in [0.2, 0.25) is 5.02 Å². The molecule has 0 fully saturated rings. The minimum Gasteiger partial charge on any atom is -0.494 e. The minimum atomic E-state index is -0.609. The summed E-state index contributed by atoms with van der Waals surface area (Å²) in [4.78, 5) is 25.9. The number of halogens is 1. The molecule has 0 bridgehead atoms. The van der Waals surface area contributed by atoms with Crippen molar-refractivity contribution in [2.45, 2.75) is 26.3 Å². The van der Waals surface area contributed by atoms with E-state index in [-0.39, 0.29) is 11.4 Å². The highest BCUT2D eigenvalue weighted by molar-refractivity contribution is 6.30. The van der Waals surface area contributed by atoms with Crippen LogP contribution in [0.1, 0.15) is 19.8 Å². The molecule has 106 valence electrons. The molecule has 20 heavy (non-hydrogen) atoms. The quantitative estimate of drug-likeness (QED) is 0.909. The number of unbranched alkanes of at least 4 members (excludes halogenated alkanes) is 1. The standard InChI is InChI=1S/C14H15ClN2O3/c1-2-3-8-17-13(19)11(12(18)16-14(17)20)9-4-6-10(15)7-5-9/h4-7,19H,2-3,8H2,1H3,(H,16,18,20). The van der Waals surface area contributed by atoms with Gasteiger partial charge in [-0.1, -0.05) is 37.1 Å². The van der Waals surface area contributed by atoms with Crippen molar-refractivity contribution in [1.82, 2.24) is 9.55 Å². The van der Waals surface area contributed by atoms with E-state index in [0.29, 0.717) is 17.1 Å².